The molecule has 2 atom stereocenters. The van der Waals surface area contributed by atoms with Crippen molar-refractivity contribution in [1.29, 1.82) is 5.26 Å². The van der Waals surface area contributed by atoms with Crippen LogP contribution in [0.5, 0.6) is 0 Å². The summed E-state index contributed by atoms with van der Waals surface area (Å²) in [5, 5.41) is 12.9. The Kier molecular flexibility index (Phi) is 5.47. The van der Waals surface area contributed by atoms with Gasteiger partial charge in [-0.25, -0.2) is 0 Å². The van der Waals surface area contributed by atoms with E-state index in [0.29, 0.717) is 24.2 Å². The van der Waals surface area contributed by atoms with Crippen molar-refractivity contribution in [2.75, 3.05) is 23.3 Å². The number of nitrogens with two attached hydrogens (primary N) is 1. The van der Waals surface area contributed by atoms with Crippen LogP contribution in [0.2, 0.25) is 0 Å². The summed E-state index contributed by atoms with van der Waals surface area (Å²) >= 11 is 0. The number of pyridine rings is 2. The van der Waals surface area contributed by atoms with Crippen molar-refractivity contribution in [2.45, 2.75) is 19.1 Å². The Morgan fingerprint density at radius 2 is 2.10 bits per heavy atom. The van der Waals surface area contributed by atoms with Gasteiger partial charge in [-0.1, -0.05) is 0 Å². The van der Waals surface area contributed by atoms with Crippen LogP contribution in [0.25, 0.3) is 10.9 Å². The third-order valence-corrected chi connectivity index (χ3v) is 5.10. The second kappa shape index (κ2) is 8.38. The van der Waals surface area contributed by atoms with E-state index in [0.717, 1.165) is 11.1 Å². The van der Waals surface area contributed by atoms with Gasteiger partial charge < -0.3 is 20.7 Å². The van der Waals surface area contributed by atoms with Gasteiger partial charge in [0.1, 0.15) is 6.07 Å². The zero-order valence-corrected chi connectivity index (χ0v) is 16.8. The third kappa shape index (κ3) is 4.01. The minimum absolute atomic E-state index is 0.126. The number of nitriles is 1. The fourth-order valence-corrected chi connectivity index (χ4v) is 3.73. The first-order valence-corrected chi connectivity index (χ1v) is 9.71. The Morgan fingerprint density at radius 3 is 2.87 bits per heavy atom. The maximum absolute atomic E-state index is 12.9. The standard InChI is InChI=1S/C22H20N6O3/c1-13-11-28(18-5-4-14(9-23)20-15(18)3-2-7-26-20)12-19(31-13)22(30)27-17-6-8-25-10-16(17)21(24)29/h2-8,10,13,19H,11-12H2,1H3,(H2,24,29)(H,25,27,30)/t13-,19-/m1/s1. The Morgan fingerprint density at radius 1 is 1.26 bits per heavy atom. The average molecular weight is 416 g/mol. The predicted octanol–water partition coefficient (Wildman–Crippen LogP) is 1.83. The van der Waals surface area contributed by atoms with Crippen molar-refractivity contribution in [1.82, 2.24) is 9.97 Å². The van der Waals surface area contributed by atoms with Crippen LogP contribution in [-0.2, 0) is 9.53 Å². The van der Waals surface area contributed by atoms with Crippen molar-refractivity contribution in [2.24, 2.45) is 5.73 Å². The molecule has 4 rings (SSSR count). The van der Waals surface area contributed by atoms with Crippen molar-refractivity contribution in [3.63, 3.8) is 0 Å². The molecule has 0 unspecified atom stereocenters. The number of nitrogens with one attached hydrogen (secondary N) is 1. The molecule has 3 heterocycles. The first kappa shape index (κ1) is 20.3. The fourth-order valence-electron chi connectivity index (χ4n) is 3.73. The first-order valence-electron chi connectivity index (χ1n) is 9.71. The molecule has 2 amide bonds. The number of carbonyl (C=O) groups excluding carboxylic acids is 2. The molecule has 9 heteroatoms. The van der Waals surface area contributed by atoms with Gasteiger partial charge >= 0.3 is 0 Å². The number of amides is 2. The molecule has 3 N–H and O–H groups in total. The maximum Gasteiger partial charge on any atom is 0.255 e. The summed E-state index contributed by atoms with van der Waals surface area (Å²) in [5.41, 5.74) is 7.76. The lowest BCUT2D eigenvalue weighted by molar-refractivity contribution is -0.131. The molecule has 1 fully saturated rings. The van der Waals surface area contributed by atoms with Gasteiger partial charge in [0.15, 0.2) is 6.10 Å². The quantitative estimate of drug-likeness (QED) is 0.662. The zero-order chi connectivity index (χ0) is 22.0. The molecule has 0 aliphatic carbocycles. The van der Waals surface area contributed by atoms with Crippen LogP contribution in [0.1, 0.15) is 22.8 Å². The SMILES string of the molecule is C[C@@H]1CN(c2ccc(C#N)c3ncccc23)C[C@H](C(=O)Nc2ccncc2C(N)=O)O1. The Balaban J connectivity index is 1.61. The molecule has 0 radical (unpaired) electrons. The highest BCUT2D eigenvalue weighted by molar-refractivity contribution is 6.04. The van der Waals surface area contributed by atoms with Gasteiger partial charge in [-0.15, -0.1) is 0 Å². The van der Waals surface area contributed by atoms with E-state index >= 15 is 0 Å². The summed E-state index contributed by atoms with van der Waals surface area (Å²) < 4.78 is 5.88. The van der Waals surface area contributed by atoms with E-state index in [1.807, 2.05) is 30.0 Å². The zero-order valence-electron chi connectivity index (χ0n) is 16.8. The molecule has 156 valence electrons. The topological polar surface area (TPSA) is 134 Å². The summed E-state index contributed by atoms with van der Waals surface area (Å²) in [5.74, 6) is -1.07. The Hall–Kier alpha value is -4.03. The van der Waals surface area contributed by atoms with E-state index in [4.69, 9.17) is 10.5 Å². The normalized spacial score (nSPS) is 18.4. The number of nitrogens with zero attached hydrogens (tertiary/aromatic N) is 4. The number of ether oxygens (including phenoxy) is 1. The van der Waals surface area contributed by atoms with Crippen LogP contribution >= 0.6 is 0 Å². The van der Waals surface area contributed by atoms with Crippen molar-refractivity contribution < 1.29 is 14.3 Å². The van der Waals surface area contributed by atoms with E-state index in [1.54, 1.807) is 12.3 Å². The largest absolute Gasteiger partial charge is 0.365 e. The smallest absolute Gasteiger partial charge is 0.255 e. The number of anilines is 2. The number of carbonyl (C=O) groups is 2. The fraction of sp³-hybridized carbons (Fsp3) is 0.227. The van der Waals surface area contributed by atoms with Gasteiger partial charge in [-0.3, -0.25) is 19.6 Å². The van der Waals surface area contributed by atoms with Crippen molar-refractivity contribution in [3.05, 3.63) is 60.0 Å². The number of fused-ring (bicyclic) bond motifs is 1. The minimum Gasteiger partial charge on any atom is -0.365 e. The number of hydrogen-bond donors (Lipinski definition) is 2. The number of hydrogen-bond acceptors (Lipinski definition) is 7. The second-order valence-corrected chi connectivity index (χ2v) is 7.26. The van der Waals surface area contributed by atoms with Gasteiger partial charge in [0, 0.05) is 36.2 Å². The average Bonchev–Trinajstić information content (AvgIpc) is 2.78. The summed E-state index contributed by atoms with van der Waals surface area (Å²) in [7, 11) is 0. The lowest BCUT2D eigenvalue weighted by Gasteiger charge is -2.38. The molecule has 1 saturated heterocycles. The molecule has 9 nitrogen and oxygen atoms in total. The predicted molar refractivity (Wildman–Crippen MR) is 114 cm³/mol. The number of benzene rings is 1. The van der Waals surface area contributed by atoms with Crippen LogP contribution in [0.4, 0.5) is 11.4 Å². The monoisotopic (exact) mass is 416 g/mol. The lowest BCUT2D eigenvalue weighted by Crippen LogP contribution is -2.51. The summed E-state index contributed by atoms with van der Waals surface area (Å²) in [6, 6.07) is 11.0. The van der Waals surface area contributed by atoms with Crippen molar-refractivity contribution >= 4 is 34.1 Å². The molecular formula is C22H20N6O3. The summed E-state index contributed by atoms with van der Waals surface area (Å²) in [4.78, 5) is 34.8. The molecule has 0 spiro atoms. The van der Waals surface area contributed by atoms with E-state index in [-0.39, 0.29) is 23.3 Å². The van der Waals surface area contributed by atoms with Crippen molar-refractivity contribution in [3.8, 4) is 6.07 Å². The van der Waals surface area contributed by atoms with Gasteiger partial charge in [0.25, 0.3) is 11.8 Å². The van der Waals surface area contributed by atoms with E-state index in [9.17, 15) is 14.9 Å². The molecule has 31 heavy (non-hydrogen) atoms. The van der Waals surface area contributed by atoms with E-state index in [1.165, 1.54) is 18.5 Å². The highest BCUT2D eigenvalue weighted by Gasteiger charge is 2.32. The molecular weight excluding hydrogens is 396 g/mol. The van der Waals surface area contributed by atoms with Gasteiger partial charge in [0.05, 0.1) is 35.0 Å². The van der Waals surface area contributed by atoms with Gasteiger partial charge in [-0.2, -0.15) is 5.26 Å². The van der Waals surface area contributed by atoms with Gasteiger partial charge in [0.2, 0.25) is 0 Å². The van der Waals surface area contributed by atoms with Crippen LogP contribution in [0.15, 0.2) is 48.9 Å². The molecule has 1 aromatic carbocycles. The van der Waals surface area contributed by atoms with Crippen LogP contribution in [0.3, 0.4) is 0 Å². The van der Waals surface area contributed by atoms with Crippen LogP contribution in [0, 0.1) is 11.3 Å². The molecule has 3 aromatic rings. The first-order chi connectivity index (χ1) is 15.0. The molecule has 1 aliphatic rings. The van der Waals surface area contributed by atoms with E-state index < -0.39 is 12.0 Å². The Labute approximate surface area is 178 Å². The third-order valence-electron chi connectivity index (χ3n) is 5.10. The highest BCUT2D eigenvalue weighted by atomic mass is 16.5. The molecule has 0 bridgehead atoms. The van der Waals surface area contributed by atoms with Crippen LogP contribution < -0.4 is 16.0 Å². The number of morpholine rings is 1. The maximum atomic E-state index is 12.9. The second-order valence-electron chi connectivity index (χ2n) is 7.26. The van der Waals surface area contributed by atoms with Crippen LogP contribution in [-0.4, -0.2) is 47.1 Å². The number of rotatable bonds is 4. The summed E-state index contributed by atoms with van der Waals surface area (Å²) in [6.45, 7) is 2.75. The Bertz CT molecular complexity index is 1210. The lowest BCUT2D eigenvalue weighted by atomic mass is 10.1. The minimum atomic E-state index is -0.778. The molecule has 0 saturated carbocycles. The molecule has 2 aromatic heterocycles. The van der Waals surface area contributed by atoms with Gasteiger partial charge in [-0.05, 0) is 37.3 Å². The number of aromatic nitrogens is 2. The highest BCUT2D eigenvalue weighted by Crippen LogP contribution is 2.30. The van der Waals surface area contributed by atoms with E-state index in [2.05, 4.69) is 21.4 Å². The molecule has 1 aliphatic heterocycles. The summed E-state index contributed by atoms with van der Waals surface area (Å²) in [6.07, 6.45) is 3.43. The number of primary amides is 1.